The van der Waals surface area contributed by atoms with E-state index in [1.54, 1.807) is 11.3 Å². The molecule has 2 aromatic rings. The number of rotatable bonds is 5. The Kier molecular flexibility index (Phi) is 4.54. The van der Waals surface area contributed by atoms with Crippen molar-refractivity contribution in [1.29, 1.82) is 0 Å². The first-order chi connectivity index (χ1) is 9.08. The van der Waals surface area contributed by atoms with Crippen molar-refractivity contribution in [2.24, 2.45) is 0 Å². The molecule has 1 aromatic carbocycles. The van der Waals surface area contributed by atoms with Crippen LogP contribution in [0.1, 0.15) is 44.8 Å². The highest BCUT2D eigenvalue weighted by molar-refractivity contribution is 7.09. The van der Waals surface area contributed by atoms with Gasteiger partial charge in [-0.3, -0.25) is 4.79 Å². The number of benzene rings is 1. The highest BCUT2D eigenvalue weighted by Crippen LogP contribution is 2.19. The Labute approximate surface area is 119 Å². The first kappa shape index (κ1) is 14.0. The average Bonchev–Trinajstić information content (AvgIpc) is 2.86. The van der Waals surface area contributed by atoms with E-state index in [9.17, 15) is 4.79 Å². The number of carbonyl (C=O) groups excluding carboxylic acids is 1. The summed E-state index contributed by atoms with van der Waals surface area (Å²) in [6.07, 6.45) is 2.58. The van der Waals surface area contributed by atoms with Gasteiger partial charge in [-0.1, -0.05) is 12.1 Å². The van der Waals surface area contributed by atoms with Crippen molar-refractivity contribution in [3.63, 3.8) is 0 Å². The molecule has 0 spiro atoms. The third-order valence-corrected chi connectivity index (χ3v) is 4.48. The molecule has 0 aliphatic rings. The molecule has 0 amide bonds. The molecule has 2 heteroatoms. The molecule has 0 bridgehead atoms. The van der Waals surface area contributed by atoms with Crippen LogP contribution in [0.2, 0.25) is 0 Å². The van der Waals surface area contributed by atoms with E-state index in [0.717, 1.165) is 24.0 Å². The summed E-state index contributed by atoms with van der Waals surface area (Å²) in [5.74, 6) is 0.275. The van der Waals surface area contributed by atoms with E-state index >= 15 is 0 Å². The molecule has 0 fully saturated rings. The van der Waals surface area contributed by atoms with E-state index in [1.807, 2.05) is 13.0 Å². The number of carbonyl (C=O) groups is 1. The third kappa shape index (κ3) is 3.54. The molecule has 19 heavy (non-hydrogen) atoms. The molecule has 100 valence electrons. The molecule has 0 unspecified atom stereocenters. The fourth-order valence-corrected chi connectivity index (χ4v) is 3.02. The lowest BCUT2D eigenvalue weighted by Crippen LogP contribution is -2.03. The van der Waals surface area contributed by atoms with Crippen molar-refractivity contribution in [1.82, 2.24) is 0 Å². The van der Waals surface area contributed by atoms with Crippen LogP contribution in [-0.4, -0.2) is 5.78 Å². The maximum absolute atomic E-state index is 12.3. The van der Waals surface area contributed by atoms with Crippen LogP contribution in [0.4, 0.5) is 0 Å². The zero-order chi connectivity index (χ0) is 13.8. The second kappa shape index (κ2) is 6.16. The van der Waals surface area contributed by atoms with Crippen molar-refractivity contribution in [2.75, 3.05) is 0 Å². The van der Waals surface area contributed by atoms with Gasteiger partial charge in [0.1, 0.15) is 0 Å². The average molecular weight is 272 g/mol. The first-order valence-electron chi connectivity index (χ1n) is 6.71. The summed E-state index contributed by atoms with van der Waals surface area (Å²) in [4.78, 5) is 13.6. The van der Waals surface area contributed by atoms with E-state index in [2.05, 4.69) is 37.4 Å². The number of thiophene rings is 1. The summed E-state index contributed by atoms with van der Waals surface area (Å²) >= 11 is 1.77. The molecule has 0 saturated heterocycles. The molecule has 1 nitrogen and oxygen atoms in total. The zero-order valence-corrected chi connectivity index (χ0v) is 12.6. The maximum Gasteiger partial charge on any atom is 0.163 e. The monoisotopic (exact) mass is 272 g/mol. The fraction of sp³-hybridized carbons (Fsp3) is 0.353. The van der Waals surface area contributed by atoms with E-state index in [4.69, 9.17) is 0 Å². The Bertz CT molecular complexity index is 567. The Morgan fingerprint density at radius 2 is 1.84 bits per heavy atom. The third-order valence-electron chi connectivity index (χ3n) is 3.55. The van der Waals surface area contributed by atoms with Crippen molar-refractivity contribution in [3.05, 3.63) is 56.8 Å². The molecule has 0 aliphatic heterocycles. The first-order valence-corrected chi connectivity index (χ1v) is 7.59. The van der Waals surface area contributed by atoms with Gasteiger partial charge >= 0.3 is 0 Å². The second-order valence-corrected chi connectivity index (χ2v) is 6.14. The Morgan fingerprint density at radius 1 is 1.11 bits per heavy atom. The van der Waals surface area contributed by atoms with Crippen LogP contribution in [0.5, 0.6) is 0 Å². The minimum Gasteiger partial charge on any atom is -0.294 e. The number of Topliss-reactive ketones (excluding diaryl/α,β-unsaturated/α-hetero) is 1. The van der Waals surface area contributed by atoms with Crippen molar-refractivity contribution in [3.8, 4) is 0 Å². The van der Waals surface area contributed by atoms with Crippen LogP contribution in [-0.2, 0) is 6.42 Å². The summed E-state index contributed by atoms with van der Waals surface area (Å²) in [6.45, 7) is 6.18. The van der Waals surface area contributed by atoms with Crippen molar-refractivity contribution < 1.29 is 4.79 Å². The minimum atomic E-state index is 0.275. The fourth-order valence-electron chi connectivity index (χ4n) is 2.27. The molecular formula is C17H20OS. The van der Waals surface area contributed by atoms with Gasteiger partial charge in [0.15, 0.2) is 5.78 Å². The SMILES string of the molecule is Cc1cc(C)c(C(=O)CCCc2cccs2)cc1C. The van der Waals surface area contributed by atoms with Gasteiger partial charge in [-0.05, 0) is 67.8 Å². The van der Waals surface area contributed by atoms with Crippen LogP contribution in [0.15, 0.2) is 29.6 Å². The minimum absolute atomic E-state index is 0.275. The van der Waals surface area contributed by atoms with Gasteiger partial charge in [-0.25, -0.2) is 0 Å². The van der Waals surface area contributed by atoms with Crippen molar-refractivity contribution in [2.45, 2.75) is 40.0 Å². The molecule has 0 atom stereocenters. The summed E-state index contributed by atoms with van der Waals surface area (Å²) in [6, 6.07) is 8.35. The number of ketones is 1. The number of hydrogen-bond donors (Lipinski definition) is 0. The highest BCUT2D eigenvalue weighted by atomic mass is 32.1. The molecule has 0 N–H and O–H groups in total. The predicted molar refractivity (Wildman–Crippen MR) is 82.2 cm³/mol. The highest BCUT2D eigenvalue weighted by Gasteiger charge is 2.10. The van der Waals surface area contributed by atoms with Crippen LogP contribution in [0, 0.1) is 20.8 Å². The molecule has 0 radical (unpaired) electrons. The van der Waals surface area contributed by atoms with Crippen LogP contribution < -0.4 is 0 Å². The topological polar surface area (TPSA) is 17.1 Å². The van der Waals surface area contributed by atoms with E-state index in [-0.39, 0.29) is 5.78 Å². The lowest BCUT2D eigenvalue weighted by molar-refractivity contribution is 0.0979. The smallest absolute Gasteiger partial charge is 0.163 e. The largest absolute Gasteiger partial charge is 0.294 e. The van der Waals surface area contributed by atoms with E-state index in [0.29, 0.717) is 6.42 Å². The van der Waals surface area contributed by atoms with Crippen LogP contribution in [0.25, 0.3) is 0 Å². The molecule has 2 rings (SSSR count). The summed E-state index contributed by atoms with van der Waals surface area (Å²) in [5, 5.41) is 2.09. The Morgan fingerprint density at radius 3 is 2.53 bits per heavy atom. The summed E-state index contributed by atoms with van der Waals surface area (Å²) in [7, 11) is 0. The lowest BCUT2D eigenvalue weighted by Gasteiger charge is -2.08. The maximum atomic E-state index is 12.3. The Hall–Kier alpha value is -1.41. The molecule has 1 heterocycles. The van der Waals surface area contributed by atoms with E-state index in [1.165, 1.54) is 16.0 Å². The van der Waals surface area contributed by atoms with Gasteiger partial charge in [-0.2, -0.15) is 0 Å². The van der Waals surface area contributed by atoms with Gasteiger partial charge in [0.25, 0.3) is 0 Å². The predicted octanol–water partition coefficient (Wildman–Crippen LogP) is 4.88. The molecule has 0 saturated carbocycles. The summed E-state index contributed by atoms with van der Waals surface area (Å²) in [5.41, 5.74) is 4.46. The van der Waals surface area contributed by atoms with Crippen LogP contribution in [0.3, 0.4) is 0 Å². The summed E-state index contributed by atoms with van der Waals surface area (Å²) < 4.78 is 0. The standard InChI is InChI=1S/C17H20OS/c1-12-10-14(3)16(11-13(12)2)17(18)8-4-6-15-7-5-9-19-15/h5,7,9-11H,4,6,8H2,1-3H3. The van der Waals surface area contributed by atoms with Crippen LogP contribution >= 0.6 is 11.3 Å². The number of aryl methyl sites for hydroxylation is 4. The van der Waals surface area contributed by atoms with Gasteiger partial charge in [0.2, 0.25) is 0 Å². The quantitative estimate of drug-likeness (QED) is 0.709. The lowest BCUT2D eigenvalue weighted by atomic mass is 9.96. The van der Waals surface area contributed by atoms with Gasteiger partial charge < -0.3 is 0 Å². The zero-order valence-electron chi connectivity index (χ0n) is 11.8. The molecule has 0 aliphatic carbocycles. The normalized spacial score (nSPS) is 10.7. The van der Waals surface area contributed by atoms with Gasteiger partial charge in [-0.15, -0.1) is 11.3 Å². The second-order valence-electron chi connectivity index (χ2n) is 5.11. The Balaban J connectivity index is 1.98. The molecule has 1 aromatic heterocycles. The van der Waals surface area contributed by atoms with Gasteiger partial charge in [0.05, 0.1) is 0 Å². The van der Waals surface area contributed by atoms with Gasteiger partial charge in [0, 0.05) is 16.9 Å². The number of hydrogen-bond acceptors (Lipinski definition) is 2. The van der Waals surface area contributed by atoms with Crippen molar-refractivity contribution >= 4 is 17.1 Å². The molecular weight excluding hydrogens is 252 g/mol. The van der Waals surface area contributed by atoms with E-state index < -0.39 is 0 Å².